The van der Waals surface area contributed by atoms with Gasteiger partial charge in [-0.25, -0.2) is 8.42 Å². The number of carbonyl (C=O) groups is 1. The van der Waals surface area contributed by atoms with Gasteiger partial charge in [-0.3, -0.25) is 4.79 Å². The van der Waals surface area contributed by atoms with Crippen LogP contribution in [-0.4, -0.2) is 33.2 Å². The molecule has 1 atom stereocenters. The Hall–Kier alpha value is -4.04. The summed E-state index contributed by atoms with van der Waals surface area (Å²) < 4.78 is 68.5. The van der Waals surface area contributed by atoms with Crippen LogP contribution in [-0.2, 0) is 22.6 Å². The van der Waals surface area contributed by atoms with Crippen LogP contribution in [0, 0.1) is 11.3 Å². The van der Waals surface area contributed by atoms with E-state index in [4.69, 9.17) is 4.74 Å². The highest BCUT2D eigenvalue weighted by Gasteiger charge is 2.30. The summed E-state index contributed by atoms with van der Waals surface area (Å²) >= 11 is 0. The van der Waals surface area contributed by atoms with Crippen LogP contribution >= 0.6 is 0 Å². The van der Waals surface area contributed by atoms with Gasteiger partial charge < -0.3 is 15.0 Å². The van der Waals surface area contributed by atoms with Crippen LogP contribution in [0.15, 0.2) is 71.6 Å². The molecule has 0 bridgehead atoms. The summed E-state index contributed by atoms with van der Waals surface area (Å²) in [5.74, 6) is -0.00842. The van der Waals surface area contributed by atoms with Crippen molar-refractivity contribution in [3.63, 3.8) is 0 Å². The third-order valence-electron chi connectivity index (χ3n) is 6.46. The molecule has 3 aromatic carbocycles. The molecule has 7 nitrogen and oxygen atoms in total. The number of benzene rings is 3. The predicted octanol–water partition coefficient (Wildman–Crippen LogP) is 5.28. The van der Waals surface area contributed by atoms with Gasteiger partial charge in [-0.15, -0.1) is 0 Å². The highest BCUT2D eigenvalue weighted by Crippen LogP contribution is 2.34. The molecule has 11 heteroatoms. The molecule has 3 aromatic rings. The van der Waals surface area contributed by atoms with Crippen molar-refractivity contribution in [3.05, 3.63) is 89.0 Å². The van der Waals surface area contributed by atoms with E-state index >= 15 is 0 Å². The largest absolute Gasteiger partial charge is 0.490 e. The molecule has 4 rings (SSSR count). The number of halogens is 3. The van der Waals surface area contributed by atoms with Crippen molar-refractivity contribution in [1.29, 1.82) is 5.26 Å². The first-order valence-corrected chi connectivity index (χ1v) is 13.9. The Labute approximate surface area is 224 Å². The fourth-order valence-electron chi connectivity index (χ4n) is 4.26. The number of hydrogen-bond donors (Lipinski definition) is 1. The van der Waals surface area contributed by atoms with E-state index in [1.807, 2.05) is 11.0 Å². The number of amides is 1. The summed E-state index contributed by atoms with van der Waals surface area (Å²) in [6.07, 6.45) is -4.42. The summed E-state index contributed by atoms with van der Waals surface area (Å²) in [5, 5.41) is 12.1. The van der Waals surface area contributed by atoms with Gasteiger partial charge in [0.15, 0.2) is 9.84 Å². The Bertz CT molecular complexity index is 1480. The average molecular weight is 558 g/mol. The number of nitrogens with zero attached hydrogens (tertiary/aromatic N) is 2. The highest BCUT2D eigenvalue weighted by atomic mass is 32.2. The molecule has 1 N–H and O–H groups in total. The minimum Gasteiger partial charge on any atom is -0.490 e. The van der Waals surface area contributed by atoms with E-state index in [9.17, 15) is 31.6 Å². The van der Waals surface area contributed by atoms with Crippen molar-refractivity contribution in [1.82, 2.24) is 5.32 Å². The second-order valence-electron chi connectivity index (χ2n) is 9.01. The van der Waals surface area contributed by atoms with E-state index in [-0.39, 0.29) is 17.1 Å². The third-order valence-corrected chi connectivity index (χ3v) is 8.21. The molecule has 1 heterocycles. The Morgan fingerprint density at radius 3 is 2.41 bits per heavy atom. The van der Waals surface area contributed by atoms with Gasteiger partial charge in [-0.05, 0) is 53.6 Å². The summed E-state index contributed by atoms with van der Waals surface area (Å²) in [7, 11) is -3.38. The van der Waals surface area contributed by atoms with E-state index in [1.165, 1.54) is 24.3 Å². The molecule has 1 aliphatic rings. The number of sulfone groups is 1. The molecule has 0 fully saturated rings. The van der Waals surface area contributed by atoms with Crippen LogP contribution in [0.3, 0.4) is 0 Å². The van der Waals surface area contributed by atoms with Crippen LogP contribution in [0.2, 0.25) is 0 Å². The maximum absolute atomic E-state index is 13.1. The molecule has 0 radical (unpaired) electrons. The lowest BCUT2D eigenvalue weighted by atomic mass is 10.0. The average Bonchev–Trinajstić information content (AvgIpc) is 2.92. The molecule has 0 saturated carbocycles. The van der Waals surface area contributed by atoms with Gasteiger partial charge in [-0.1, -0.05) is 31.2 Å². The van der Waals surface area contributed by atoms with Gasteiger partial charge in [0.25, 0.3) is 5.91 Å². The fraction of sp³-hybridized carbons (Fsp3) is 0.286. The molecule has 0 aromatic heterocycles. The van der Waals surface area contributed by atoms with E-state index < -0.39 is 33.5 Å². The Balaban J connectivity index is 1.49. The van der Waals surface area contributed by atoms with Gasteiger partial charge in [0.1, 0.15) is 12.4 Å². The quantitative estimate of drug-likeness (QED) is 0.405. The van der Waals surface area contributed by atoms with Crippen molar-refractivity contribution in [2.45, 2.75) is 37.0 Å². The number of alkyl halides is 3. The van der Waals surface area contributed by atoms with Gasteiger partial charge >= 0.3 is 6.18 Å². The number of ether oxygens (including phenoxy) is 1. The second kappa shape index (κ2) is 11.4. The van der Waals surface area contributed by atoms with Crippen molar-refractivity contribution < 1.29 is 31.1 Å². The zero-order valence-electron chi connectivity index (χ0n) is 21.0. The predicted molar refractivity (Wildman–Crippen MR) is 139 cm³/mol. The van der Waals surface area contributed by atoms with Gasteiger partial charge in [-0.2, -0.15) is 18.4 Å². The third kappa shape index (κ3) is 6.52. The normalized spacial score (nSPS) is 14.1. The highest BCUT2D eigenvalue weighted by molar-refractivity contribution is 7.91. The van der Waals surface area contributed by atoms with Crippen molar-refractivity contribution in [2.24, 2.45) is 0 Å². The second-order valence-corrected chi connectivity index (χ2v) is 11.3. The lowest BCUT2D eigenvalue weighted by Gasteiger charge is -2.31. The first kappa shape index (κ1) is 28.0. The molecule has 204 valence electrons. The van der Waals surface area contributed by atoms with Crippen LogP contribution in [0.4, 0.5) is 18.9 Å². The SMILES string of the molecule is CCS(=O)(=O)c1ccc(C(CC#N)NC(=O)c2ccc3c(c2)OCCN3Cc2ccc(C(F)(F)F)cc2)cc1. The van der Waals surface area contributed by atoms with Gasteiger partial charge in [0.2, 0.25) is 0 Å². The lowest BCUT2D eigenvalue weighted by Crippen LogP contribution is -2.33. The number of fused-ring (bicyclic) bond motifs is 1. The van der Waals surface area contributed by atoms with Crippen molar-refractivity contribution in [2.75, 3.05) is 23.8 Å². The smallest absolute Gasteiger partial charge is 0.416 e. The fourth-order valence-corrected chi connectivity index (χ4v) is 5.15. The van der Waals surface area contributed by atoms with Gasteiger partial charge in [0.05, 0.1) is 47.0 Å². The van der Waals surface area contributed by atoms with Crippen LogP contribution in [0.25, 0.3) is 0 Å². The minimum atomic E-state index is -4.40. The van der Waals surface area contributed by atoms with Crippen molar-refractivity contribution >= 4 is 21.4 Å². The first-order valence-electron chi connectivity index (χ1n) is 12.2. The van der Waals surface area contributed by atoms with E-state index in [0.29, 0.717) is 47.8 Å². The lowest BCUT2D eigenvalue weighted by molar-refractivity contribution is -0.137. The van der Waals surface area contributed by atoms with E-state index in [2.05, 4.69) is 5.32 Å². The number of anilines is 1. The zero-order valence-corrected chi connectivity index (χ0v) is 21.8. The molecule has 1 unspecified atom stereocenters. The van der Waals surface area contributed by atoms with E-state index in [1.54, 1.807) is 37.3 Å². The number of carbonyl (C=O) groups excluding carboxylic acids is 1. The number of nitriles is 1. The Morgan fingerprint density at radius 2 is 1.79 bits per heavy atom. The maximum atomic E-state index is 13.1. The maximum Gasteiger partial charge on any atom is 0.416 e. The summed E-state index contributed by atoms with van der Waals surface area (Å²) in [6, 6.07) is 17.4. The first-order chi connectivity index (χ1) is 18.5. The molecular weight excluding hydrogens is 531 g/mol. The van der Waals surface area contributed by atoms with Crippen molar-refractivity contribution in [3.8, 4) is 11.8 Å². The van der Waals surface area contributed by atoms with Gasteiger partial charge in [0, 0.05) is 12.1 Å². The standard InChI is InChI=1S/C28H26F3N3O4S/c1-2-39(36,37)23-10-5-20(6-11-23)24(13-14-32)33-27(35)21-7-12-25-26(17-21)38-16-15-34(25)18-19-3-8-22(9-4-19)28(29,30)31/h3-12,17,24H,2,13,15-16,18H2,1H3,(H,33,35). The topological polar surface area (TPSA) is 99.5 Å². The Morgan fingerprint density at radius 1 is 1.10 bits per heavy atom. The number of hydrogen-bond acceptors (Lipinski definition) is 6. The monoisotopic (exact) mass is 557 g/mol. The molecular formula is C28H26F3N3O4S. The molecule has 0 spiro atoms. The summed E-state index contributed by atoms with van der Waals surface area (Å²) in [5.41, 5.74) is 1.60. The van der Waals surface area contributed by atoms with Crippen LogP contribution in [0.1, 0.15) is 46.4 Å². The minimum absolute atomic E-state index is 0.0199. The summed E-state index contributed by atoms with van der Waals surface area (Å²) in [4.78, 5) is 15.2. The summed E-state index contributed by atoms with van der Waals surface area (Å²) in [6.45, 7) is 2.78. The molecule has 1 amide bonds. The van der Waals surface area contributed by atoms with Crippen LogP contribution in [0.5, 0.6) is 5.75 Å². The molecule has 0 saturated heterocycles. The molecule has 1 aliphatic heterocycles. The molecule has 39 heavy (non-hydrogen) atoms. The van der Waals surface area contributed by atoms with E-state index in [0.717, 1.165) is 12.1 Å². The zero-order chi connectivity index (χ0) is 28.2. The number of rotatable bonds is 8. The molecule has 0 aliphatic carbocycles. The number of nitrogens with one attached hydrogen (secondary N) is 1. The van der Waals surface area contributed by atoms with Crippen LogP contribution < -0.4 is 15.0 Å². The Kier molecular flexibility index (Phi) is 8.16.